The van der Waals surface area contributed by atoms with E-state index in [-0.39, 0.29) is 0 Å². The second-order valence-corrected chi connectivity index (χ2v) is 6.67. The minimum Gasteiger partial charge on any atom is -0.328 e. The molecule has 0 aromatic carbocycles. The van der Waals surface area contributed by atoms with Gasteiger partial charge in [0.15, 0.2) is 0 Å². The Morgan fingerprint density at radius 1 is 1.38 bits per heavy atom. The molecule has 0 spiro atoms. The molecule has 5 heteroatoms. The van der Waals surface area contributed by atoms with Gasteiger partial charge in [0.05, 0.1) is 12.2 Å². The Labute approximate surface area is 130 Å². The molecule has 1 atom stereocenters. The van der Waals surface area contributed by atoms with E-state index in [1.54, 1.807) is 11.3 Å². The number of aryl methyl sites for hydroxylation is 1. The number of likely N-dealkylation sites (N-methyl/N-ethyl adjacent to an activating group) is 1. The van der Waals surface area contributed by atoms with E-state index in [1.807, 2.05) is 6.20 Å². The van der Waals surface area contributed by atoms with Crippen LogP contribution in [0.3, 0.4) is 0 Å². The number of thiazole rings is 1. The summed E-state index contributed by atoms with van der Waals surface area (Å²) in [7, 11) is 0. The molecule has 4 nitrogen and oxygen atoms in total. The zero-order valence-electron chi connectivity index (χ0n) is 13.0. The summed E-state index contributed by atoms with van der Waals surface area (Å²) in [6.45, 7) is 8.79. The van der Waals surface area contributed by atoms with E-state index in [4.69, 9.17) is 0 Å². The van der Waals surface area contributed by atoms with Gasteiger partial charge < -0.3 is 9.47 Å². The van der Waals surface area contributed by atoms with Gasteiger partial charge in [0, 0.05) is 30.2 Å². The molecule has 1 fully saturated rings. The molecular weight excluding hydrogens is 280 g/mol. The van der Waals surface area contributed by atoms with Gasteiger partial charge in [-0.05, 0) is 32.4 Å². The first-order valence-electron chi connectivity index (χ1n) is 7.96. The normalized spacial score (nSPS) is 20.0. The van der Waals surface area contributed by atoms with Crippen LogP contribution in [0, 0.1) is 0 Å². The van der Waals surface area contributed by atoms with Gasteiger partial charge >= 0.3 is 0 Å². The molecule has 114 valence electrons. The van der Waals surface area contributed by atoms with Gasteiger partial charge in [0.1, 0.15) is 10.8 Å². The number of piperidine rings is 1. The maximum atomic E-state index is 4.68. The predicted octanol–water partition coefficient (Wildman–Crippen LogP) is 3.15. The van der Waals surface area contributed by atoms with Gasteiger partial charge in [-0.2, -0.15) is 0 Å². The number of rotatable bonds is 5. The first kappa shape index (κ1) is 14.7. The highest BCUT2D eigenvalue weighted by Crippen LogP contribution is 2.26. The second kappa shape index (κ2) is 6.71. The summed E-state index contributed by atoms with van der Waals surface area (Å²) in [4.78, 5) is 11.9. The van der Waals surface area contributed by atoms with Crippen molar-refractivity contribution in [3.63, 3.8) is 0 Å². The lowest BCUT2D eigenvalue weighted by atomic mass is 9.97. The molecule has 21 heavy (non-hydrogen) atoms. The maximum Gasteiger partial charge on any atom is 0.113 e. The quantitative estimate of drug-likeness (QED) is 0.851. The van der Waals surface area contributed by atoms with Crippen molar-refractivity contribution < 1.29 is 0 Å². The third kappa shape index (κ3) is 3.35. The number of aromatic nitrogens is 3. The van der Waals surface area contributed by atoms with Gasteiger partial charge in [-0.3, -0.25) is 0 Å². The Morgan fingerprint density at radius 3 is 3.05 bits per heavy atom. The van der Waals surface area contributed by atoms with E-state index in [0.29, 0.717) is 5.92 Å². The fourth-order valence-corrected chi connectivity index (χ4v) is 3.97. The molecule has 0 amide bonds. The van der Waals surface area contributed by atoms with Crippen LogP contribution < -0.4 is 0 Å². The first-order chi connectivity index (χ1) is 10.3. The summed E-state index contributed by atoms with van der Waals surface area (Å²) in [6.07, 6.45) is 7.59. The van der Waals surface area contributed by atoms with Crippen LogP contribution in [0.2, 0.25) is 0 Å². The highest BCUT2D eigenvalue weighted by atomic mass is 32.1. The van der Waals surface area contributed by atoms with Crippen LogP contribution in [0.5, 0.6) is 0 Å². The van der Waals surface area contributed by atoms with Crippen molar-refractivity contribution in [3.05, 3.63) is 34.3 Å². The molecular formula is C16H24N4S. The van der Waals surface area contributed by atoms with Crippen LogP contribution in [0.4, 0.5) is 0 Å². The monoisotopic (exact) mass is 304 g/mol. The Kier molecular flexibility index (Phi) is 4.70. The molecule has 2 aromatic rings. The van der Waals surface area contributed by atoms with Gasteiger partial charge in [0.2, 0.25) is 0 Å². The second-order valence-electron chi connectivity index (χ2n) is 5.73. The molecule has 0 N–H and O–H groups in total. The summed E-state index contributed by atoms with van der Waals surface area (Å²) in [5, 5.41) is 3.36. The average Bonchev–Trinajstić information content (AvgIpc) is 3.17. The summed E-state index contributed by atoms with van der Waals surface area (Å²) < 4.78 is 2.29. The highest BCUT2D eigenvalue weighted by molar-refractivity contribution is 7.09. The minimum absolute atomic E-state index is 0.569. The summed E-state index contributed by atoms with van der Waals surface area (Å²) in [5.74, 6) is 1.81. The topological polar surface area (TPSA) is 34.0 Å². The predicted molar refractivity (Wildman–Crippen MR) is 86.9 cm³/mol. The van der Waals surface area contributed by atoms with Crippen molar-refractivity contribution in [1.82, 2.24) is 19.4 Å². The number of nitrogens with zero attached hydrogens (tertiary/aromatic N) is 4. The largest absolute Gasteiger partial charge is 0.328 e. The number of likely N-dealkylation sites (tertiary alicyclic amines) is 1. The van der Waals surface area contributed by atoms with Crippen LogP contribution in [0.15, 0.2) is 17.8 Å². The van der Waals surface area contributed by atoms with Gasteiger partial charge in [-0.25, -0.2) is 9.97 Å². The Bertz CT molecular complexity index is 574. The lowest BCUT2D eigenvalue weighted by molar-refractivity contribution is 0.212. The summed E-state index contributed by atoms with van der Waals surface area (Å²) in [5.41, 5.74) is 1.20. The minimum atomic E-state index is 0.569. The molecule has 0 radical (unpaired) electrons. The standard InChI is InChI=1S/C16H24N4S/c1-3-14-12-21-15(18-14)11-20-9-7-17-16(20)13-6-5-8-19(4-2)10-13/h7,9,12-13H,3-6,8,10-11H2,1-2H3. The van der Waals surface area contributed by atoms with E-state index >= 15 is 0 Å². The van der Waals surface area contributed by atoms with E-state index < -0.39 is 0 Å². The molecule has 3 heterocycles. The van der Waals surface area contributed by atoms with Crippen molar-refractivity contribution in [2.24, 2.45) is 0 Å². The van der Waals surface area contributed by atoms with Crippen LogP contribution in [0.1, 0.15) is 49.1 Å². The summed E-state index contributed by atoms with van der Waals surface area (Å²) >= 11 is 1.76. The maximum absolute atomic E-state index is 4.68. The first-order valence-corrected chi connectivity index (χ1v) is 8.84. The van der Waals surface area contributed by atoms with Gasteiger partial charge in [0.25, 0.3) is 0 Å². The zero-order chi connectivity index (χ0) is 14.7. The number of hydrogen-bond acceptors (Lipinski definition) is 4. The fraction of sp³-hybridized carbons (Fsp3) is 0.625. The van der Waals surface area contributed by atoms with Crippen molar-refractivity contribution in [2.45, 2.75) is 45.6 Å². The van der Waals surface area contributed by atoms with Crippen LogP contribution >= 0.6 is 11.3 Å². The molecule has 1 unspecified atom stereocenters. The molecule has 1 aliphatic rings. The smallest absolute Gasteiger partial charge is 0.113 e. The van der Waals surface area contributed by atoms with E-state index in [1.165, 1.54) is 35.9 Å². The lowest BCUT2D eigenvalue weighted by Crippen LogP contribution is -2.35. The van der Waals surface area contributed by atoms with Crippen molar-refractivity contribution in [1.29, 1.82) is 0 Å². The SMILES string of the molecule is CCc1csc(Cn2ccnc2C2CCCN(CC)C2)n1. The zero-order valence-corrected chi connectivity index (χ0v) is 13.8. The van der Waals surface area contributed by atoms with Gasteiger partial charge in [-0.1, -0.05) is 13.8 Å². The average molecular weight is 304 g/mol. The van der Waals surface area contributed by atoms with Crippen LogP contribution in [0.25, 0.3) is 0 Å². The Hall–Kier alpha value is -1.20. The van der Waals surface area contributed by atoms with Crippen molar-refractivity contribution in [3.8, 4) is 0 Å². The molecule has 2 aromatic heterocycles. The fourth-order valence-electron chi connectivity index (χ4n) is 3.10. The number of hydrogen-bond donors (Lipinski definition) is 0. The Morgan fingerprint density at radius 2 is 2.29 bits per heavy atom. The van der Waals surface area contributed by atoms with Crippen LogP contribution in [-0.4, -0.2) is 39.1 Å². The third-order valence-electron chi connectivity index (χ3n) is 4.33. The lowest BCUT2D eigenvalue weighted by Gasteiger charge is -2.31. The third-order valence-corrected chi connectivity index (χ3v) is 5.22. The molecule has 1 saturated heterocycles. The van der Waals surface area contributed by atoms with E-state index in [9.17, 15) is 0 Å². The molecule has 0 bridgehead atoms. The molecule has 1 aliphatic heterocycles. The van der Waals surface area contributed by atoms with Gasteiger partial charge in [-0.15, -0.1) is 11.3 Å². The van der Waals surface area contributed by atoms with Crippen LogP contribution in [-0.2, 0) is 13.0 Å². The van der Waals surface area contributed by atoms with E-state index in [2.05, 4.69) is 44.9 Å². The highest BCUT2D eigenvalue weighted by Gasteiger charge is 2.24. The Balaban J connectivity index is 1.74. The number of imidazole rings is 1. The van der Waals surface area contributed by atoms with Crippen molar-refractivity contribution in [2.75, 3.05) is 19.6 Å². The molecule has 3 rings (SSSR count). The molecule has 0 aliphatic carbocycles. The molecule has 0 saturated carbocycles. The summed E-state index contributed by atoms with van der Waals surface area (Å²) in [6, 6.07) is 0. The van der Waals surface area contributed by atoms with E-state index in [0.717, 1.165) is 26.1 Å². The van der Waals surface area contributed by atoms with Crippen molar-refractivity contribution >= 4 is 11.3 Å².